The van der Waals surface area contributed by atoms with E-state index in [-0.39, 0.29) is 11.7 Å². The van der Waals surface area contributed by atoms with E-state index >= 15 is 0 Å². The van der Waals surface area contributed by atoms with E-state index < -0.39 is 6.10 Å². The van der Waals surface area contributed by atoms with E-state index in [0.29, 0.717) is 35.7 Å². The Morgan fingerprint density at radius 2 is 2.24 bits per heavy atom. The number of hydrogen-bond donors (Lipinski definition) is 2. The lowest BCUT2D eigenvalue weighted by Gasteiger charge is -2.04. The summed E-state index contributed by atoms with van der Waals surface area (Å²) in [6, 6.07) is 6.53. The van der Waals surface area contributed by atoms with E-state index in [1.807, 2.05) is 0 Å². The van der Waals surface area contributed by atoms with E-state index in [1.54, 1.807) is 30.5 Å². The first-order chi connectivity index (χ1) is 10.1. The molecule has 4 nitrogen and oxygen atoms in total. The molecule has 2 rings (SSSR count). The Labute approximate surface area is 126 Å². The van der Waals surface area contributed by atoms with Crippen LogP contribution in [0.4, 0.5) is 4.39 Å². The predicted octanol–water partition coefficient (Wildman–Crippen LogP) is 2.37. The smallest absolute Gasteiger partial charge is 0.270 e. The number of rotatable bonds is 6. The van der Waals surface area contributed by atoms with Crippen molar-refractivity contribution in [3.63, 3.8) is 0 Å². The first-order valence-corrected chi connectivity index (χ1v) is 7.58. The molecular weight excluding hydrogens is 291 g/mol. The number of halogens is 1. The molecule has 0 spiro atoms. The third-order valence-electron chi connectivity index (χ3n) is 2.93. The summed E-state index contributed by atoms with van der Waals surface area (Å²) in [5, 5.41) is 14.2. The second-order valence-corrected chi connectivity index (χ2v) is 5.73. The average Bonchev–Trinajstić information content (AvgIpc) is 2.89. The number of aliphatic hydroxyl groups is 1. The van der Waals surface area contributed by atoms with E-state index in [0.717, 1.165) is 0 Å². The molecule has 0 aliphatic carbocycles. The lowest BCUT2D eigenvalue weighted by Crippen LogP contribution is -2.26. The number of thiazole rings is 1. The average molecular weight is 308 g/mol. The highest BCUT2D eigenvalue weighted by molar-refractivity contribution is 7.09. The van der Waals surface area contributed by atoms with Crippen molar-refractivity contribution < 1.29 is 14.3 Å². The van der Waals surface area contributed by atoms with Crippen molar-refractivity contribution in [1.82, 2.24) is 10.3 Å². The maximum Gasteiger partial charge on any atom is 0.270 e. The van der Waals surface area contributed by atoms with Gasteiger partial charge < -0.3 is 10.4 Å². The van der Waals surface area contributed by atoms with Gasteiger partial charge in [0.05, 0.1) is 11.1 Å². The molecule has 0 saturated heterocycles. The van der Waals surface area contributed by atoms with Crippen LogP contribution in [0.2, 0.25) is 0 Å². The fourth-order valence-corrected chi connectivity index (χ4v) is 2.58. The van der Waals surface area contributed by atoms with Gasteiger partial charge in [-0.2, -0.15) is 0 Å². The van der Waals surface area contributed by atoms with Gasteiger partial charge in [0, 0.05) is 18.3 Å². The minimum Gasteiger partial charge on any atom is -0.393 e. The fraction of sp³-hybridized carbons (Fsp3) is 0.333. The third-order valence-corrected chi connectivity index (χ3v) is 3.78. The van der Waals surface area contributed by atoms with Gasteiger partial charge in [0.2, 0.25) is 0 Å². The van der Waals surface area contributed by atoms with Crippen LogP contribution in [-0.2, 0) is 6.42 Å². The van der Waals surface area contributed by atoms with Crippen molar-refractivity contribution >= 4 is 17.2 Å². The van der Waals surface area contributed by atoms with Crippen LogP contribution in [0.3, 0.4) is 0 Å². The van der Waals surface area contributed by atoms with Crippen LogP contribution in [0.15, 0.2) is 29.6 Å². The third kappa shape index (κ3) is 4.61. The number of nitrogens with zero attached hydrogens (tertiary/aromatic N) is 1. The Morgan fingerprint density at radius 3 is 2.95 bits per heavy atom. The lowest BCUT2D eigenvalue weighted by molar-refractivity contribution is 0.0941. The zero-order valence-corrected chi connectivity index (χ0v) is 12.5. The summed E-state index contributed by atoms with van der Waals surface area (Å²) in [6.45, 7) is 2.07. The van der Waals surface area contributed by atoms with Crippen molar-refractivity contribution in [2.24, 2.45) is 0 Å². The van der Waals surface area contributed by atoms with Crippen molar-refractivity contribution in [3.8, 4) is 0 Å². The van der Waals surface area contributed by atoms with Gasteiger partial charge in [-0.3, -0.25) is 4.79 Å². The van der Waals surface area contributed by atoms with Crippen LogP contribution in [0, 0.1) is 5.82 Å². The molecule has 2 N–H and O–H groups in total. The molecule has 112 valence electrons. The molecule has 1 aromatic carbocycles. The van der Waals surface area contributed by atoms with Crippen LogP contribution < -0.4 is 5.32 Å². The molecule has 1 heterocycles. The molecule has 0 saturated carbocycles. The zero-order valence-electron chi connectivity index (χ0n) is 11.7. The van der Waals surface area contributed by atoms with E-state index in [1.165, 1.54) is 17.4 Å². The van der Waals surface area contributed by atoms with E-state index in [9.17, 15) is 9.18 Å². The zero-order chi connectivity index (χ0) is 15.2. The summed E-state index contributed by atoms with van der Waals surface area (Å²) >= 11 is 1.33. The van der Waals surface area contributed by atoms with Gasteiger partial charge in [-0.15, -0.1) is 11.3 Å². The van der Waals surface area contributed by atoms with Gasteiger partial charge in [0.25, 0.3) is 5.91 Å². The second kappa shape index (κ2) is 7.28. The molecule has 1 unspecified atom stereocenters. The van der Waals surface area contributed by atoms with Crippen LogP contribution in [0.25, 0.3) is 0 Å². The van der Waals surface area contributed by atoms with Crippen LogP contribution in [0.5, 0.6) is 0 Å². The Kier molecular flexibility index (Phi) is 5.41. The molecule has 1 atom stereocenters. The maximum absolute atomic E-state index is 13.6. The van der Waals surface area contributed by atoms with Gasteiger partial charge in [0.1, 0.15) is 11.5 Å². The SMILES string of the molecule is CC(O)CCNC(=O)c1csc(Cc2ccccc2F)n1. The van der Waals surface area contributed by atoms with E-state index in [2.05, 4.69) is 10.3 Å². The van der Waals surface area contributed by atoms with Gasteiger partial charge >= 0.3 is 0 Å². The number of carbonyl (C=O) groups excluding carboxylic acids is 1. The second-order valence-electron chi connectivity index (χ2n) is 4.79. The molecule has 21 heavy (non-hydrogen) atoms. The number of carbonyl (C=O) groups is 1. The molecule has 0 radical (unpaired) electrons. The highest BCUT2D eigenvalue weighted by atomic mass is 32.1. The standard InChI is InChI=1S/C15H17FN2O2S/c1-10(19)6-7-17-15(20)13-9-21-14(18-13)8-11-4-2-3-5-12(11)16/h2-5,9-10,19H,6-8H2,1H3,(H,17,20). The number of amides is 1. The summed E-state index contributed by atoms with van der Waals surface area (Å²) in [6.07, 6.45) is 0.424. The van der Waals surface area contributed by atoms with Crippen molar-refractivity contribution in [1.29, 1.82) is 0 Å². The number of aliphatic hydroxyl groups excluding tert-OH is 1. The molecular formula is C15H17FN2O2S. The lowest BCUT2D eigenvalue weighted by atomic mass is 10.1. The van der Waals surface area contributed by atoms with Gasteiger partial charge in [0.15, 0.2) is 0 Å². The molecule has 2 aromatic rings. The quantitative estimate of drug-likeness (QED) is 0.861. The van der Waals surface area contributed by atoms with Gasteiger partial charge in [-0.25, -0.2) is 9.37 Å². The predicted molar refractivity (Wildman–Crippen MR) is 80.0 cm³/mol. The van der Waals surface area contributed by atoms with Crippen molar-refractivity contribution in [3.05, 3.63) is 51.7 Å². The summed E-state index contributed by atoms with van der Waals surface area (Å²) in [5.74, 6) is -0.540. The van der Waals surface area contributed by atoms with Gasteiger partial charge in [-0.05, 0) is 25.0 Å². The van der Waals surface area contributed by atoms with Gasteiger partial charge in [-0.1, -0.05) is 18.2 Å². The molecule has 1 amide bonds. The highest BCUT2D eigenvalue weighted by Gasteiger charge is 2.12. The molecule has 0 aliphatic heterocycles. The normalized spacial score (nSPS) is 12.1. The minimum absolute atomic E-state index is 0.268. The number of nitrogens with one attached hydrogen (secondary N) is 1. The molecule has 1 aromatic heterocycles. The number of benzene rings is 1. The Bertz CT molecular complexity index is 613. The molecule has 0 fully saturated rings. The summed E-state index contributed by atoms with van der Waals surface area (Å²) < 4.78 is 13.6. The minimum atomic E-state index is -0.447. The first kappa shape index (κ1) is 15.6. The first-order valence-electron chi connectivity index (χ1n) is 6.70. The summed E-state index contributed by atoms with van der Waals surface area (Å²) in [4.78, 5) is 16.1. The van der Waals surface area contributed by atoms with Crippen molar-refractivity contribution in [2.75, 3.05) is 6.54 Å². The summed E-state index contributed by atoms with van der Waals surface area (Å²) in [7, 11) is 0. The number of aromatic nitrogens is 1. The van der Waals surface area contributed by atoms with Crippen LogP contribution >= 0.6 is 11.3 Å². The monoisotopic (exact) mass is 308 g/mol. The Hall–Kier alpha value is -1.79. The summed E-state index contributed by atoms with van der Waals surface area (Å²) in [5.41, 5.74) is 0.893. The van der Waals surface area contributed by atoms with Crippen LogP contribution in [0.1, 0.15) is 34.4 Å². The molecule has 0 bridgehead atoms. The highest BCUT2D eigenvalue weighted by Crippen LogP contribution is 2.17. The maximum atomic E-state index is 13.6. The fourth-order valence-electron chi connectivity index (χ4n) is 1.79. The Balaban J connectivity index is 1.95. The number of hydrogen-bond acceptors (Lipinski definition) is 4. The van der Waals surface area contributed by atoms with Crippen molar-refractivity contribution in [2.45, 2.75) is 25.9 Å². The molecule has 6 heteroatoms. The van der Waals surface area contributed by atoms with E-state index in [4.69, 9.17) is 5.11 Å². The topological polar surface area (TPSA) is 62.2 Å². The molecule has 0 aliphatic rings. The largest absolute Gasteiger partial charge is 0.393 e. The Morgan fingerprint density at radius 1 is 1.48 bits per heavy atom. The van der Waals surface area contributed by atoms with Crippen LogP contribution in [-0.4, -0.2) is 28.6 Å².